The van der Waals surface area contributed by atoms with Crippen LogP contribution in [-0.2, 0) is 12.8 Å². The number of benzene rings is 1. The molecule has 1 saturated heterocycles. The van der Waals surface area contributed by atoms with E-state index in [9.17, 15) is 0 Å². The summed E-state index contributed by atoms with van der Waals surface area (Å²) in [6, 6.07) is 10.6. The second-order valence-corrected chi connectivity index (χ2v) is 7.55. The molecule has 29 heavy (non-hydrogen) atoms. The van der Waals surface area contributed by atoms with Gasteiger partial charge in [-0.05, 0) is 45.5 Å². The van der Waals surface area contributed by atoms with Gasteiger partial charge in [0.25, 0.3) is 0 Å². The lowest BCUT2D eigenvalue weighted by Crippen LogP contribution is -2.45. The molecular weight excluding hydrogens is 360 g/mol. The monoisotopic (exact) mass is 392 g/mol. The van der Waals surface area contributed by atoms with Crippen LogP contribution in [0.3, 0.4) is 0 Å². The normalized spacial score (nSPS) is 14.5. The van der Waals surface area contributed by atoms with Crippen LogP contribution < -0.4 is 10.6 Å². The number of nitrogens with two attached hydrogens (primary N) is 1. The van der Waals surface area contributed by atoms with E-state index in [4.69, 9.17) is 4.98 Å². The van der Waals surface area contributed by atoms with Gasteiger partial charge < -0.3 is 15.5 Å². The number of hydrogen-bond acceptors (Lipinski definition) is 5. The Morgan fingerprint density at radius 1 is 1.07 bits per heavy atom. The summed E-state index contributed by atoms with van der Waals surface area (Å²) in [4.78, 5) is 9.79. The zero-order valence-electron chi connectivity index (χ0n) is 17.8. The van der Waals surface area contributed by atoms with Gasteiger partial charge in [-0.1, -0.05) is 36.9 Å². The van der Waals surface area contributed by atoms with Crippen molar-refractivity contribution >= 4 is 11.3 Å². The number of fused-ring (bicyclic) bond motifs is 1. The van der Waals surface area contributed by atoms with Crippen molar-refractivity contribution in [2.75, 3.05) is 38.1 Å². The number of hydrogen-bond donors (Lipinski definition) is 1. The van der Waals surface area contributed by atoms with Crippen molar-refractivity contribution in [3.63, 3.8) is 0 Å². The first-order valence-corrected chi connectivity index (χ1v) is 10.2. The molecule has 4 rings (SSSR count). The molecule has 0 unspecified atom stereocenters. The highest BCUT2D eigenvalue weighted by Gasteiger charge is 2.21. The van der Waals surface area contributed by atoms with E-state index in [-0.39, 0.29) is 0 Å². The van der Waals surface area contributed by atoms with Gasteiger partial charge in [0.15, 0.2) is 5.65 Å². The van der Waals surface area contributed by atoms with Crippen LogP contribution >= 0.6 is 0 Å². The molecule has 1 fully saturated rings. The van der Waals surface area contributed by atoms with Crippen LogP contribution in [0.25, 0.3) is 5.65 Å². The fourth-order valence-electron chi connectivity index (χ4n) is 3.90. The molecule has 0 amide bonds. The van der Waals surface area contributed by atoms with Crippen LogP contribution in [0.2, 0.25) is 0 Å². The average Bonchev–Trinajstić information content (AvgIpc) is 3.12. The Morgan fingerprint density at radius 2 is 1.72 bits per heavy atom. The summed E-state index contributed by atoms with van der Waals surface area (Å²) in [5.74, 6) is 0. The van der Waals surface area contributed by atoms with Gasteiger partial charge in [0, 0.05) is 31.7 Å². The number of piperazine rings is 1. The van der Waals surface area contributed by atoms with Crippen molar-refractivity contribution in [2.45, 2.75) is 26.7 Å². The van der Waals surface area contributed by atoms with Crippen LogP contribution in [-0.4, -0.2) is 52.7 Å². The summed E-state index contributed by atoms with van der Waals surface area (Å²) >= 11 is 0. The fraction of sp³-hybridized carbons (Fsp3) is 0.391. The minimum Gasteiger partial charge on any atom is -0.405 e. The van der Waals surface area contributed by atoms with Gasteiger partial charge in [-0.15, -0.1) is 0 Å². The molecule has 6 heteroatoms. The molecule has 1 aliphatic heterocycles. The van der Waals surface area contributed by atoms with Crippen LogP contribution in [0.1, 0.15) is 22.5 Å². The number of rotatable bonds is 4. The minimum atomic E-state index is 0.966. The highest BCUT2D eigenvalue weighted by molar-refractivity contribution is 5.61. The standard InChI is InChI=1S/C21H27N5.C2H5N/c1-16-20(25-13-11-24(3)12-14-25)17(2)26-21(23-16)19(15-22-26)10-9-18-7-5-4-6-8-18;1-2-3/h4-8,15H,9-14H2,1-3H3;2H,1,3H2. The molecule has 0 bridgehead atoms. The van der Waals surface area contributed by atoms with E-state index in [0.717, 1.165) is 50.4 Å². The first-order valence-electron chi connectivity index (χ1n) is 10.2. The second-order valence-electron chi connectivity index (χ2n) is 7.55. The Balaban J connectivity index is 0.000000755. The maximum atomic E-state index is 4.95. The zero-order valence-corrected chi connectivity index (χ0v) is 17.8. The van der Waals surface area contributed by atoms with Gasteiger partial charge in [0.1, 0.15) is 0 Å². The number of aromatic nitrogens is 3. The quantitative estimate of drug-likeness (QED) is 0.740. The van der Waals surface area contributed by atoms with E-state index >= 15 is 0 Å². The van der Waals surface area contributed by atoms with Gasteiger partial charge in [0.2, 0.25) is 0 Å². The lowest BCUT2D eigenvalue weighted by atomic mass is 10.1. The lowest BCUT2D eigenvalue weighted by Gasteiger charge is -2.35. The summed E-state index contributed by atoms with van der Waals surface area (Å²) in [6.07, 6.45) is 5.22. The summed E-state index contributed by atoms with van der Waals surface area (Å²) < 4.78 is 2.03. The third kappa shape index (κ3) is 4.77. The van der Waals surface area contributed by atoms with E-state index in [1.54, 1.807) is 0 Å². The molecule has 0 aliphatic carbocycles. The minimum absolute atomic E-state index is 0.966. The SMILES string of the molecule is C=CN.Cc1nc2c(CCc3ccccc3)cnn2c(C)c1N1CCN(C)CC1. The van der Waals surface area contributed by atoms with Crippen molar-refractivity contribution in [1.82, 2.24) is 19.5 Å². The molecule has 0 radical (unpaired) electrons. The predicted molar refractivity (Wildman–Crippen MR) is 120 cm³/mol. The van der Waals surface area contributed by atoms with Crippen LogP contribution in [0.5, 0.6) is 0 Å². The Labute approximate surface area is 173 Å². The van der Waals surface area contributed by atoms with E-state index in [2.05, 4.69) is 78.4 Å². The molecule has 1 aliphatic rings. The molecule has 3 aromatic rings. The summed E-state index contributed by atoms with van der Waals surface area (Å²) in [6.45, 7) is 11.7. The molecule has 3 heterocycles. The fourth-order valence-corrected chi connectivity index (χ4v) is 3.90. The number of likely N-dealkylation sites (N-methyl/N-ethyl adjacent to an activating group) is 1. The van der Waals surface area contributed by atoms with Gasteiger partial charge in [-0.2, -0.15) is 5.10 Å². The summed E-state index contributed by atoms with van der Waals surface area (Å²) in [5.41, 5.74) is 11.8. The van der Waals surface area contributed by atoms with Crippen molar-refractivity contribution < 1.29 is 0 Å². The first-order chi connectivity index (χ1) is 14.0. The molecule has 2 aromatic heterocycles. The maximum absolute atomic E-state index is 4.95. The summed E-state index contributed by atoms with van der Waals surface area (Å²) in [7, 11) is 2.19. The van der Waals surface area contributed by atoms with Crippen LogP contribution in [0, 0.1) is 13.8 Å². The van der Waals surface area contributed by atoms with E-state index < -0.39 is 0 Å². The topological polar surface area (TPSA) is 62.7 Å². The Kier molecular flexibility index (Phi) is 6.88. The van der Waals surface area contributed by atoms with Crippen LogP contribution in [0.4, 0.5) is 5.69 Å². The van der Waals surface area contributed by atoms with Crippen molar-refractivity contribution in [3.8, 4) is 0 Å². The van der Waals surface area contributed by atoms with Gasteiger partial charge in [0.05, 0.1) is 23.3 Å². The largest absolute Gasteiger partial charge is 0.405 e. The summed E-state index contributed by atoms with van der Waals surface area (Å²) in [5, 5.41) is 4.66. The molecule has 154 valence electrons. The Morgan fingerprint density at radius 3 is 2.38 bits per heavy atom. The van der Waals surface area contributed by atoms with Crippen molar-refractivity contribution in [1.29, 1.82) is 0 Å². The Hall–Kier alpha value is -2.86. The Bertz CT molecular complexity index is 939. The third-order valence-corrected chi connectivity index (χ3v) is 5.44. The van der Waals surface area contributed by atoms with Gasteiger partial charge in [-0.3, -0.25) is 0 Å². The number of nitrogens with zero attached hydrogens (tertiary/aromatic N) is 5. The molecule has 1 aromatic carbocycles. The molecule has 2 N–H and O–H groups in total. The smallest absolute Gasteiger partial charge is 0.158 e. The molecule has 0 spiro atoms. The average molecular weight is 393 g/mol. The molecule has 6 nitrogen and oxygen atoms in total. The predicted octanol–water partition coefficient (Wildman–Crippen LogP) is 2.97. The molecule has 0 atom stereocenters. The number of aryl methyl sites for hydroxylation is 4. The van der Waals surface area contributed by atoms with E-state index in [1.807, 2.05) is 10.7 Å². The first kappa shape index (κ1) is 20.9. The maximum Gasteiger partial charge on any atom is 0.158 e. The van der Waals surface area contributed by atoms with Gasteiger partial charge in [-0.25, -0.2) is 9.50 Å². The van der Waals surface area contributed by atoms with Crippen molar-refractivity contribution in [2.24, 2.45) is 5.73 Å². The number of anilines is 1. The van der Waals surface area contributed by atoms with Gasteiger partial charge >= 0.3 is 0 Å². The molecule has 0 saturated carbocycles. The highest BCUT2D eigenvalue weighted by atomic mass is 15.3. The molecular formula is C23H32N6. The van der Waals surface area contributed by atoms with Crippen LogP contribution in [0.15, 0.2) is 49.3 Å². The second kappa shape index (κ2) is 9.56. The van der Waals surface area contributed by atoms with Crippen molar-refractivity contribution in [3.05, 3.63) is 71.8 Å². The third-order valence-electron chi connectivity index (χ3n) is 5.44. The van der Waals surface area contributed by atoms with E-state index in [0.29, 0.717) is 0 Å². The van der Waals surface area contributed by atoms with E-state index in [1.165, 1.54) is 28.7 Å². The lowest BCUT2D eigenvalue weighted by molar-refractivity contribution is 0.312. The zero-order chi connectivity index (χ0) is 20.8. The highest BCUT2D eigenvalue weighted by Crippen LogP contribution is 2.26.